The maximum absolute atomic E-state index is 9.74. The van der Waals surface area contributed by atoms with Crippen LogP contribution in [0.25, 0.3) is 0 Å². The van der Waals surface area contributed by atoms with E-state index in [1.54, 1.807) is 0 Å². The Morgan fingerprint density at radius 3 is 2.44 bits per heavy atom. The first-order valence-corrected chi connectivity index (χ1v) is 6.07. The summed E-state index contributed by atoms with van der Waals surface area (Å²) in [4.78, 5) is 2.26. The average molecular weight is 221 g/mol. The van der Waals surface area contributed by atoms with Crippen molar-refractivity contribution in [1.82, 2.24) is 0 Å². The molecule has 16 heavy (non-hydrogen) atoms. The van der Waals surface area contributed by atoms with Gasteiger partial charge in [-0.15, -0.1) is 0 Å². The maximum atomic E-state index is 9.74. The summed E-state index contributed by atoms with van der Waals surface area (Å²) in [6, 6.07) is 8.58. The Morgan fingerprint density at radius 1 is 1.25 bits per heavy atom. The zero-order valence-electron chi connectivity index (χ0n) is 10.8. The van der Waals surface area contributed by atoms with Crippen LogP contribution in [0.3, 0.4) is 0 Å². The number of hydrogen-bond donors (Lipinski definition) is 1. The van der Waals surface area contributed by atoms with Crippen molar-refractivity contribution in [3.05, 3.63) is 29.8 Å². The number of aliphatic hydroxyl groups excluding tert-OH is 1. The van der Waals surface area contributed by atoms with Gasteiger partial charge in [-0.25, -0.2) is 0 Å². The van der Waals surface area contributed by atoms with Crippen LogP contribution < -0.4 is 4.90 Å². The lowest BCUT2D eigenvalue weighted by molar-refractivity contribution is 0.199. The Kier molecular flexibility index (Phi) is 4.81. The van der Waals surface area contributed by atoms with Crippen molar-refractivity contribution >= 4 is 5.69 Å². The van der Waals surface area contributed by atoms with E-state index in [9.17, 15) is 5.11 Å². The summed E-state index contributed by atoms with van der Waals surface area (Å²) >= 11 is 0. The van der Waals surface area contributed by atoms with E-state index in [0.717, 1.165) is 11.3 Å². The molecule has 0 amide bonds. The van der Waals surface area contributed by atoms with E-state index >= 15 is 0 Å². The van der Waals surface area contributed by atoms with Gasteiger partial charge in [0.05, 0.1) is 6.10 Å². The quantitative estimate of drug-likeness (QED) is 0.824. The molecule has 1 aromatic carbocycles. The molecule has 0 saturated carbocycles. The van der Waals surface area contributed by atoms with Crippen molar-refractivity contribution in [1.29, 1.82) is 0 Å². The van der Waals surface area contributed by atoms with Gasteiger partial charge in [0.1, 0.15) is 0 Å². The molecule has 90 valence electrons. The van der Waals surface area contributed by atoms with Crippen molar-refractivity contribution in [2.75, 3.05) is 11.9 Å². The van der Waals surface area contributed by atoms with Crippen LogP contribution in [0.1, 0.15) is 45.3 Å². The summed E-state index contributed by atoms with van der Waals surface area (Å²) in [5.74, 6) is 0. The Bertz CT molecular complexity index is 322. The van der Waals surface area contributed by atoms with E-state index in [2.05, 4.69) is 31.9 Å². The molecule has 0 bridgehead atoms. The van der Waals surface area contributed by atoms with Crippen LogP contribution in [0.5, 0.6) is 0 Å². The number of hydrogen-bond acceptors (Lipinski definition) is 2. The van der Waals surface area contributed by atoms with Crippen LogP contribution in [-0.2, 0) is 0 Å². The molecule has 0 radical (unpaired) electrons. The number of aliphatic hydroxyl groups is 1. The highest BCUT2D eigenvalue weighted by Crippen LogP contribution is 2.27. The summed E-state index contributed by atoms with van der Waals surface area (Å²) in [6.45, 7) is 6.24. The second kappa shape index (κ2) is 5.90. The second-order valence-electron chi connectivity index (χ2n) is 4.48. The van der Waals surface area contributed by atoms with Crippen LogP contribution in [0.4, 0.5) is 5.69 Å². The summed E-state index contributed by atoms with van der Waals surface area (Å²) < 4.78 is 0. The first kappa shape index (κ1) is 13.0. The third kappa shape index (κ3) is 2.99. The monoisotopic (exact) mass is 221 g/mol. The van der Waals surface area contributed by atoms with E-state index in [4.69, 9.17) is 0 Å². The highest BCUT2D eigenvalue weighted by molar-refractivity contribution is 5.54. The smallest absolute Gasteiger partial charge is 0.0781 e. The standard InChI is InChI=1S/C14H23NO/c1-5-8-11(2)15(4)14-10-7-6-9-13(14)12(3)16/h6-7,9-12,16H,5,8H2,1-4H3. The normalized spacial score (nSPS) is 14.6. The van der Waals surface area contributed by atoms with Crippen LogP contribution in [0.15, 0.2) is 24.3 Å². The first-order chi connectivity index (χ1) is 7.57. The fourth-order valence-electron chi connectivity index (χ4n) is 2.01. The molecular weight excluding hydrogens is 198 g/mol. The van der Waals surface area contributed by atoms with Crippen molar-refractivity contribution in [2.24, 2.45) is 0 Å². The van der Waals surface area contributed by atoms with Crippen molar-refractivity contribution < 1.29 is 5.11 Å². The molecule has 0 saturated heterocycles. The summed E-state index contributed by atoms with van der Waals surface area (Å²) in [7, 11) is 2.10. The molecule has 1 N–H and O–H groups in total. The molecule has 1 rings (SSSR count). The molecule has 0 aliphatic rings. The van der Waals surface area contributed by atoms with Gasteiger partial charge in [-0.3, -0.25) is 0 Å². The molecule has 2 unspecified atom stereocenters. The second-order valence-corrected chi connectivity index (χ2v) is 4.48. The first-order valence-electron chi connectivity index (χ1n) is 6.07. The molecule has 2 atom stereocenters. The van der Waals surface area contributed by atoms with E-state index in [1.807, 2.05) is 25.1 Å². The van der Waals surface area contributed by atoms with Gasteiger partial charge in [-0.1, -0.05) is 31.5 Å². The molecule has 0 fully saturated rings. The van der Waals surface area contributed by atoms with Gasteiger partial charge in [-0.2, -0.15) is 0 Å². The lowest BCUT2D eigenvalue weighted by atomic mass is 10.1. The number of anilines is 1. The van der Waals surface area contributed by atoms with E-state index in [-0.39, 0.29) is 0 Å². The minimum Gasteiger partial charge on any atom is -0.389 e. The van der Waals surface area contributed by atoms with E-state index in [1.165, 1.54) is 12.8 Å². The summed E-state index contributed by atoms with van der Waals surface area (Å²) in [6.07, 6.45) is 1.94. The predicted molar refractivity (Wildman–Crippen MR) is 69.8 cm³/mol. The van der Waals surface area contributed by atoms with Crippen molar-refractivity contribution in [3.63, 3.8) is 0 Å². The van der Waals surface area contributed by atoms with Gasteiger partial charge in [0.25, 0.3) is 0 Å². The molecule has 1 aromatic rings. The highest BCUT2D eigenvalue weighted by atomic mass is 16.3. The molecule has 2 nitrogen and oxygen atoms in total. The number of rotatable bonds is 5. The lowest BCUT2D eigenvalue weighted by Gasteiger charge is -2.29. The Balaban J connectivity index is 2.93. The highest BCUT2D eigenvalue weighted by Gasteiger charge is 2.14. The molecule has 0 aromatic heterocycles. The molecule has 0 spiro atoms. The van der Waals surface area contributed by atoms with Crippen molar-refractivity contribution in [2.45, 2.75) is 45.8 Å². The third-order valence-corrected chi connectivity index (χ3v) is 3.13. The Labute approximate surface area is 98.9 Å². The van der Waals surface area contributed by atoms with Crippen LogP contribution in [0.2, 0.25) is 0 Å². The van der Waals surface area contributed by atoms with E-state index in [0.29, 0.717) is 6.04 Å². The summed E-state index contributed by atoms with van der Waals surface area (Å²) in [5.41, 5.74) is 2.14. The minimum atomic E-state index is -0.410. The zero-order valence-corrected chi connectivity index (χ0v) is 10.8. The SMILES string of the molecule is CCCC(C)N(C)c1ccccc1C(C)O. The summed E-state index contributed by atoms with van der Waals surface area (Å²) in [5, 5.41) is 9.74. The fraction of sp³-hybridized carbons (Fsp3) is 0.571. The zero-order chi connectivity index (χ0) is 12.1. The van der Waals surface area contributed by atoms with Gasteiger partial charge >= 0.3 is 0 Å². The van der Waals surface area contributed by atoms with Crippen LogP contribution in [-0.4, -0.2) is 18.2 Å². The number of benzene rings is 1. The molecule has 0 aliphatic carbocycles. The van der Waals surface area contributed by atoms with Crippen LogP contribution in [0, 0.1) is 0 Å². The maximum Gasteiger partial charge on any atom is 0.0781 e. The molecule has 0 aliphatic heterocycles. The Morgan fingerprint density at radius 2 is 1.88 bits per heavy atom. The molecule has 0 heterocycles. The van der Waals surface area contributed by atoms with Gasteiger partial charge < -0.3 is 10.0 Å². The topological polar surface area (TPSA) is 23.5 Å². The van der Waals surface area contributed by atoms with Gasteiger partial charge in [0.2, 0.25) is 0 Å². The largest absolute Gasteiger partial charge is 0.389 e. The number of para-hydroxylation sites is 1. The average Bonchev–Trinajstić information content (AvgIpc) is 2.28. The van der Waals surface area contributed by atoms with Gasteiger partial charge in [0.15, 0.2) is 0 Å². The third-order valence-electron chi connectivity index (χ3n) is 3.13. The Hall–Kier alpha value is -1.02. The molecular formula is C14H23NO. The minimum absolute atomic E-state index is 0.410. The van der Waals surface area contributed by atoms with Gasteiger partial charge in [0, 0.05) is 24.3 Å². The van der Waals surface area contributed by atoms with Crippen LogP contribution >= 0.6 is 0 Å². The van der Waals surface area contributed by atoms with Gasteiger partial charge in [-0.05, 0) is 26.3 Å². The predicted octanol–water partition coefficient (Wildman–Crippen LogP) is 3.36. The molecule has 2 heteroatoms. The van der Waals surface area contributed by atoms with E-state index < -0.39 is 6.10 Å². The van der Waals surface area contributed by atoms with Crippen molar-refractivity contribution in [3.8, 4) is 0 Å². The fourth-order valence-corrected chi connectivity index (χ4v) is 2.01. The lowest BCUT2D eigenvalue weighted by Crippen LogP contribution is -2.29. The number of nitrogens with zero attached hydrogens (tertiary/aromatic N) is 1.